The lowest BCUT2D eigenvalue weighted by atomic mass is 9.73. The molecule has 1 amide bonds. The number of carbonyl (C=O) groups is 2. The Labute approximate surface area is 176 Å². The summed E-state index contributed by atoms with van der Waals surface area (Å²) in [4.78, 5) is 28.1. The Morgan fingerprint density at radius 1 is 1.18 bits per heavy atom. The quantitative estimate of drug-likeness (QED) is 0.591. The Morgan fingerprint density at radius 2 is 1.79 bits per heavy atom. The Morgan fingerprint density at radius 3 is 2.18 bits per heavy atom. The molecule has 0 radical (unpaired) electrons. The number of halogens is 2. The van der Waals surface area contributed by atoms with E-state index in [2.05, 4.69) is 4.98 Å². The molecule has 0 saturated heterocycles. The average molecular weight is 430 g/mol. The summed E-state index contributed by atoms with van der Waals surface area (Å²) < 4.78 is 5.65. The van der Waals surface area contributed by atoms with E-state index in [1.807, 2.05) is 18.2 Å². The molecule has 0 fully saturated rings. The number of hydrogen-bond donors (Lipinski definition) is 3. The van der Waals surface area contributed by atoms with Crippen LogP contribution in [0.25, 0.3) is 11.3 Å². The van der Waals surface area contributed by atoms with Crippen LogP contribution in [0.2, 0.25) is 0 Å². The molecule has 3 atom stereocenters. The minimum atomic E-state index is -1.52. The van der Waals surface area contributed by atoms with Crippen LogP contribution in [0.4, 0.5) is 0 Å². The van der Waals surface area contributed by atoms with Gasteiger partial charge >= 0.3 is 5.97 Å². The number of carboxylic acids is 1. The summed E-state index contributed by atoms with van der Waals surface area (Å²) in [7, 11) is 0. The van der Waals surface area contributed by atoms with E-state index in [1.165, 1.54) is 0 Å². The number of rotatable bonds is 8. The molecular formula is C19H25Cl2N3O4. The van der Waals surface area contributed by atoms with Crippen LogP contribution in [0.5, 0.6) is 5.75 Å². The predicted molar refractivity (Wildman–Crippen MR) is 112 cm³/mol. The van der Waals surface area contributed by atoms with Crippen molar-refractivity contribution in [3.8, 4) is 17.0 Å². The van der Waals surface area contributed by atoms with Crippen molar-refractivity contribution in [3.05, 3.63) is 48.7 Å². The van der Waals surface area contributed by atoms with E-state index in [0.29, 0.717) is 5.75 Å². The zero-order valence-electron chi connectivity index (χ0n) is 15.6. The maximum Gasteiger partial charge on any atom is 0.346 e. The first-order chi connectivity index (χ1) is 12.3. The second-order valence-corrected chi connectivity index (χ2v) is 6.12. The molecule has 3 unspecified atom stereocenters. The zero-order valence-corrected chi connectivity index (χ0v) is 17.2. The van der Waals surface area contributed by atoms with Crippen molar-refractivity contribution in [2.45, 2.75) is 32.4 Å². The number of primary amides is 1. The molecule has 2 aromatic rings. The van der Waals surface area contributed by atoms with Gasteiger partial charge in [0.05, 0.1) is 5.69 Å². The van der Waals surface area contributed by atoms with Crippen molar-refractivity contribution < 1.29 is 19.4 Å². The van der Waals surface area contributed by atoms with E-state index in [-0.39, 0.29) is 31.2 Å². The SMILES string of the molecule is CCC(C(N)=O)(C(C)N)C(Oc1ccc(-c2ccccn2)cc1)C(=O)O.Cl.Cl. The molecule has 0 aliphatic rings. The van der Waals surface area contributed by atoms with E-state index >= 15 is 0 Å². The fourth-order valence-corrected chi connectivity index (χ4v) is 3.02. The largest absolute Gasteiger partial charge is 0.478 e. The number of benzene rings is 1. The van der Waals surface area contributed by atoms with Gasteiger partial charge in [0.15, 0.2) is 0 Å². The number of carbonyl (C=O) groups excluding carboxylic acids is 1. The summed E-state index contributed by atoms with van der Waals surface area (Å²) in [6.45, 7) is 3.22. The first-order valence-electron chi connectivity index (χ1n) is 8.29. The maximum absolute atomic E-state index is 12.1. The molecule has 0 bridgehead atoms. The van der Waals surface area contributed by atoms with Crippen molar-refractivity contribution in [2.75, 3.05) is 0 Å². The smallest absolute Gasteiger partial charge is 0.346 e. The Bertz CT molecular complexity index is 773. The van der Waals surface area contributed by atoms with Gasteiger partial charge in [-0.25, -0.2) is 4.79 Å². The van der Waals surface area contributed by atoms with Gasteiger partial charge in [-0.05, 0) is 49.7 Å². The number of pyridine rings is 1. The highest BCUT2D eigenvalue weighted by Gasteiger charge is 2.51. The van der Waals surface area contributed by atoms with E-state index < -0.39 is 29.4 Å². The Balaban J connectivity index is 0.00000364. The molecule has 9 heteroatoms. The van der Waals surface area contributed by atoms with Gasteiger partial charge in [0.25, 0.3) is 0 Å². The zero-order chi connectivity index (χ0) is 19.3. The number of carboxylic acid groups (broad SMARTS) is 1. The average Bonchev–Trinajstić information content (AvgIpc) is 2.62. The fourth-order valence-electron chi connectivity index (χ4n) is 3.02. The van der Waals surface area contributed by atoms with Gasteiger partial charge in [-0.3, -0.25) is 9.78 Å². The van der Waals surface area contributed by atoms with Crippen molar-refractivity contribution >= 4 is 36.7 Å². The van der Waals surface area contributed by atoms with E-state index in [1.54, 1.807) is 44.3 Å². The monoisotopic (exact) mass is 429 g/mol. The van der Waals surface area contributed by atoms with Crippen LogP contribution in [0.3, 0.4) is 0 Å². The van der Waals surface area contributed by atoms with E-state index in [9.17, 15) is 14.7 Å². The van der Waals surface area contributed by atoms with Crippen molar-refractivity contribution in [2.24, 2.45) is 16.9 Å². The van der Waals surface area contributed by atoms with Crippen LogP contribution in [0, 0.1) is 5.41 Å². The molecule has 1 aromatic carbocycles. The van der Waals surface area contributed by atoms with Gasteiger partial charge in [-0.1, -0.05) is 13.0 Å². The predicted octanol–water partition coefficient (Wildman–Crippen LogP) is 2.65. The van der Waals surface area contributed by atoms with Gasteiger partial charge in [0, 0.05) is 17.8 Å². The molecule has 1 aromatic heterocycles. The van der Waals surface area contributed by atoms with Gasteiger partial charge in [0.2, 0.25) is 12.0 Å². The number of nitrogens with zero attached hydrogens (tertiary/aromatic N) is 1. The lowest BCUT2D eigenvalue weighted by molar-refractivity contribution is -0.159. The van der Waals surface area contributed by atoms with Gasteiger partial charge in [-0.15, -0.1) is 24.8 Å². The molecule has 2 rings (SSSR count). The lowest BCUT2D eigenvalue weighted by Crippen LogP contribution is -2.60. The van der Waals surface area contributed by atoms with Crippen LogP contribution in [-0.4, -0.2) is 34.1 Å². The topological polar surface area (TPSA) is 129 Å². The van der Waals surface area contributed by atoms with E-state index in [4.69, 9.17) is 16.2 Å². The molecule has 5 N–H and O–H groups in total. The summed E-state index contributed by atoms with van der Waals surface area (Å²) in [6, 6.07) is 11.5. The first kappa shape index (κ1) is 25.6. The number of hydrogen-bond acceptors (Lipinski definition) is 5. The molecule has 0 saturated carbocycles. The molecule has 28 heavy (non-hydrogen) atoms. The Hall–Kier alpha value is -2.35. The first-order valence-corrected chi connectivity index (χ1v) is 8.29. The third-order valence-corrected chi connectivity index (χ3v) is 4.62. The second-order valence-electron chi connectivity index (χ2n) is 6.12. The standard InChI is InChI=1S/C19H23N3O4.2ClH/c1-3-19(12(2)20,18(21)25)16(17(23)24)26-14-9-7-13(8-10-14)15-6-4-5-11-22-15;;/h4-12,16H,3,20H2,1-2H3,(H2,21,25)(H,23,24);2*1H. The van der Waals surface area contributed by atoms with Crippen LogP contribution in [0.15, 0.2) is 48.7 Å². The van der Waals surface area contributed by atoms with Crippen LogP contribution in [-0.2, 0) is 9.59 Å². The second kappa shape index (κ2) is 10.8. The summed E-state index contributed by atoms with van der Waals surface area (Å²) >= 11 is 0. The number of ether oxygens (including phenoxy) is 1. The van der Waals surface area contributed by atoms with Crippen LogP contribution >= 0.6 is 24.8 Å². The van der Waals surface area contributed by atoms with Crippen molar-refractivity contribution in [1.82, 2.24) is 4.98 Å². The van der Waals surface area contributed by atoms with Gasteiger partial charge in [0.1, 0.15) is 11.2 Å². The molecule has 1 heterocycles. The molecule has 7 nitrogen and oxygen atoms in total. The maximum atomic E-state index is 12.1. The number of aliphatic carboxylic acids is 1. The molecule has 0 aliphatic carbocycles. The normalized spacial score (nSPS) is 14.4. The summed E-state index contributed by atoms with van der Waals surface area (Å²) in [6.07, 6.45) is 0.333. The molecular weight excluding hydrogens is 405 g/mol. The highest BCUT2D eigenvalue weighted by atomic mass is 35.5. The highest BCUT2D eigenvalue weighted by Crippen LogP contribution is 2.33. The van der Waals surface area contributed by atoms with E-state index in [0.717, 1.165) is 11.3 Å². The molecule has 154 valence electrons. The molecule has 0 aliphatic heterocycles. The van der Waals surface area contributed by atoms with Gasteiger partial charge < -0.3 is 21.3 Å². The number of nitrogens with two attached hydrogens (primary N) is 2. The number of aromatic nitrogens is 1. The summed E-state index contributed by atoms with van der Waals surface area (Å²) in [5, 5.41) is 9.63. The highest BCUT2D eigenvalue weighted by molar-refractivity contribution is 5.89. The number of amides is 1. The lowest BCUT2D eigenvalue weighted by Gasteiger charge is -2.37. The summed E-state index contributed by atoms with van der Waals surface area (Å²) in [5.41, 5.74) is 11.5. The summed E-state index contributed by atoms with van der Waals surface area (Å²) in [5.74, 6) is -1.79. The van der Waals surface area contributed by atoms with Crippen LogP contribution in [0.1, 0.15) is 20.3 Å². The Kier molecular flexibility index (Phi) is 9.94. The van der Waals surface area contributed by atoms with Crippen molar-refractivity contribution in [3.63, 3.8) is 0 Å². The fraction of sp³-hybridized carbons (Fsp3) is 0.316. The third kappa shape index (κ3) is 5.13. The third-order valence-electron chi connectivity index (χ3n) is 4.62. The minimum absolute atomic E-state index is 0. The minimum Gasteiger partial charge on any atom is -0.478 e. The van der Waals surface area contributed by atoms with Crippen LogP contribution < -0.4 is 16.2 Å². The molecule has 0 spiro atoms. The van der Waals surface area contributed by atoms with Gasteiger partial charge in [-0.2, -0.15) is 0 Å². The van der Waals surface area contributed by atoms with Crippen molar-refractivity contribution in [1.29, 1.82) is 0 Å².